The first kappa shape index (κ1) is 20.4. The van der Waals surface area contributed by atoms with Gasteiger partial charge in [0.25, 0.3) is 10.1 Å². The van der Waals surface area contributed by atoms with Crippen molar-refractivity contribution in [2.75, 3.05) is 12.3 Å². The normalized spacial score (nSPS) is 13.3. The number of hydrogen-bond donors (Lipinski definition) is 6. The topological polar surface area (TPSA) is 196 Å². The van der Waals surface area contributed by atoms with Gasteiger partial charge in [-0.3, -0.25) is 19.1 Å². The van der Waals surface area contributed by atoms with Crippen molar-refractivity contribution in [2.45, 2.75) is 12.5 Å². The number of benzene rings is 1. The highest BCUT2D eigenvalue weighted by Crippen LogP contribution is 2.41. The molecule has 0 saturated heterocycles. The van der Waals surface area contributed by atoms with E-state index in [1.165, 1.54) is 6.07 Å². The largest absolute Gasteiger partial charge is 0.524 e. The lowest BCUT2D eigenvalue weighted by Crippen LogP contribution is -2.43. The van der Waals surface area contributed by atoms with Gasteiger partial charge in [-0.2, -0.15) is 8.42 Å². The highest BCUT2D eigenvalue weighted by Gasteiger charge is 2.20. The van der Waals surface area contributed by atoms with Crippen molar-refractivity contribution in [3.63, 3.8) is 0 Å². The number of aromatic hydroxyl groups is 1. The summed E-state index contributed by atoms with van der Waals surface area (Å²) in [6.07, 6.45) is -0.0402. The Hall–Kier alpha value is -1.69. The zero-order valence-electron chi connectivity index (χ0n) is 12.2. The second-order valence-electron chi connectivity index (χ2n) is 4.77. The first-order valence-electron chi connectivity index (χ1n) is 6.43. The number of carbonyl (C=O) groups excluding carboxylic acids is 1. The minimum atomic E-state index is -4.82. The summed E-state index contributed by atoms with van der Waals surface area (Å²) in [6.45, 7) is -0.314. The van der Waals surface area contributed by atoms with Gasteiger partial charge in [-0.25, -0.2) is 4.57 Å². The van der Waals surface area contributed by atoms with Crippen LogP contribution in [0.2, 0.25) is 0 Å². The van der Waals surface area contributed by atoms with E-state index in [1.54, 1.807) is 0 Å². The lowest BCUT2D eigenvalue weighted by atomic mass is 10.1. The second kappa shape index (κ2) is 7.92. The van der Waals surface area contributed by atoms with Gasteiger partial charge in [0.15, 0.2) is 11.5 Å². The Morgan fingerprint density at radius 1 is 1.38 bits per heavy atom. The summed E-state index contributed by atoms with van der Waals surface area (Å²) in [7, 11) is -9.01. The first-order chi connectivity index (χ1) is 10.9. The van der Waals surface area contributed by atoms with Gasteiger partial charge in [0, 0.05) is 6.54 Å². The number of hydrogen-bond acceptors (Lipinski definition) is 7. The van der Waals surface area contributed by atoms with Gasteiger partial charge in [0.05, 0.1) is 11.8 Å². The summed E-state index contributed by atoms with van der Waals surface area (Å²) in [5.41, 5.74) is 6.01. The Morgan fingerprint density at radius 3 is 2.50 bits per heavy atom. The zero-order chi connectivity index (χ0) is 18.5. The van der Waals surface area contributed by atoms with E-state index in [0.717, 1.165) is 12.1 Å². The minimum absolute atomic E-state index is 0.0402. The number of phenolic OH excluding ortho intramolecular Hbond substituents is 1. The van der Waals surface area contributed by atoms with E-state index >= 15 is 0 Å². The van der Waals surface area contributed by atoms with E-state index in [4.69, 9.17) is 20.1 Å². The molecule has 7 N–H and O–H groups in total. The van der Waals surface area contributed by atoms with Crippen LogP contribution in [-0.4, -0.2) is 52.1 Å². The maximum atomic E-state index is 11.7. The molecule has 1 rings (SSSR count). The van der Waals surface area contributed by atoms with E-state index in [1.807, 2.05) is 0 Å². The van der Waals surface area contributed by atoms with Crippen LogP contribution in [0.5, 0.6) is 11.5 Å². The molecule has 0 aromatic heterocycles. The van der Waals surface area contributed by atoms with Crippen molar-refractivity contribution in [1.29, 1.82) is 0 Å². The van der Waals surface area contributed by atoms with Gasteiger partial charge in [-0.15, -0.1) is 0 Å². The first-order valence-corrected chi connectivity index (χ1v) is 9.57. The molecule has 13 heteroatoms. The molecule has 0 aliphatic rings. The summed E-state index contributed by atoms with van der Waals surface area (Å²) < 4.78 is 44.5. The standard InChI is InChI=1S/C11H17N2O9PS/c12-8(11(15)13-3-4-24(19,20)21)5-7-1-2-10(9(14)6-7)22-23(16,17)18/h1-2,6,8,14H,3-5,12H2,(H,13,15)(H2,16,17,18)(H,19,20,21)/t8-/m0/s1. The lowest BCUT2D eigenvalue weighted by molar-refractivity contribution is -0.122. The monoisotopic (exact) mass is 384 g/mol. The second-order valence-corrected chi connectivity index (χ2v) is 7.51. The molecular formula is C11H17N2O9PS. The van der Waals surface area contributed by atoms with E-state index in [9.17, 15) is 22.9 Å². The fraction of sp³-hybridized carbons (Fsp3) is 0.364. The molecular weight excluding hydrogens is 367 g/mol. The molecule has 1 atom stereocenters. The molecule has 0 bridgehead atoms. The maximum Gasteiger partial charge on any atom is 0.524 e. The number of phenols is 1. The number of nitrogens with two attached hydrogens (primary N) is 1. The lowest BCUT2D eigenvalue weighted by Gasteiger charge is -2.13. The minimum Gasteiger partial charge on any atom is -0.504 e. The number of nitrogens with one attached hydrogen (secondary N) is 1. The van der Waals surface area contributed by atoms with Crippen LogP contribution in [0.15, 0.2) is 18.2 Å². The molecule has 1 aromatic carbocycles. The summed E-state index contributed by atoms with van der Waals surface area (Å²) in [4.78, 5) is 29.0. The predicted molar refractivity (Wildman–Crippen MR) is 81.9 cm³/mol. The fourth-order valence-electron chi connectivity index (χ4n) is 1.68. The van der Waals surface area contributed by atoms with Crippen molar-refractivity contribution in [3.05, 3.63) is 23.8 Å². The number of carbonyl (C=O) groups is 1. The Morgan fingerprint density at radius 2 is 2.00 bits per heavy atom. The molecule has 136 valence electrons. The Labute approximate surface area is 137 Å². The van der Waals surface area contributed by atoms with Crippen molar-refractivity contribution in [1.82, 2.24) is 5.32 Å². The highest BCUT2D eigenvalue weighted by molar-refractivity contribution is 7.85. The van der Waals surface area contributed by atoms with E-state index in [-0.39, 0.29) is 13.0 Å². The Bertz CT molecular complexity index is 746. The molecule has 0 radical (unpaired) electrons. The number of phosphoric ester groups is 1. The summed E-state index contributed by atoms with van der Waals surface area (Å²) in [5, 5.41) is 11.9. The fourth-order valence-corrected chi connectivity index (χ4v) is 2.45. The van der Waals surface area contributed by atoms with Crippen LogP contribution >= 0.6 is 7.82 Å². The molecule has 0 heterocycles. The van der Waals surface area contributed by atoms with Crippen LogP contribution in [0.1, 0.15) is 5.56 Å². The predicted octanol–water partition coefficient (Wildman–Crippen LogP) is -1.26. The Kier molecular flexibility index (Phi) is 6.72. The third-order valence-electron chi connectivity index (χ3n) is 2.69. The van der Waals surface area contributed by atoms with Crippen molar-refractivity contribution < 1.29 is 41.7 Å². The van der Waals surface area contributed by atoms with E-state index < -0.39 is 47.1 Å². The summed E-state index contributed by atoms with van der Waals surface area (Å²) in [6, 6.07) is 2.50. The average Bonchev–Trinajstić information content (AvgIpc) is 2.39. The van der Waals surface area contributed by atoms with E-state index in [0.29, 0.717) is 5.56 Å². The SMILES string of the molecule is N[C@@H](Cc1ccc(OP(=O)(O)O)c(O)c1)C(=O)NCCS(=O)(=O)O. The van der Waals surface area contributed by atoms with Crippen LogP contribution in [-0.2, 0) is 25.9 Å². The molecule has 0 spiro atoms. The van der Waals surface area contributed by atoms with Gasteiger partial charge in [-0.1, -0.05) is 6.07 Å². The molecule has 11 nitrogen and oxygen atoms in total. The van der Waals surface area contributed by atoms with Gasteiger partial charge in [0.1, 0.15) is 0 Å². The quantitative estimate of drug-likeness (QED) is 0.232. The van der Waals surface area contributed by atoms with Crippen LogP contribution < -0.4 is 15.6 Å². The average molecular weight is 384 g/mol. The third kappa shape index (κ3) is 7.73. The van der Waals surface area contributed by atoms with Crippen LogP contribution in [0, 0.1) is 0 Å². The number of rotatable bonds is 8. The van der Waals surface area contributed by atoms with Gasteiger partial charge >= 0.3 is 7.82 Å². The van der Waals surface area contributed by atoms with Crippen LogP contribution in [0.4, 0.5) is 0 Å². The van der Waals surface area contributed by atoms with Crippen LogP contribution in [0.3, 0.4) is 0 Å². The molecule has 0 saturated carbocycles. The summed E-state index contributed by atoms with van der Waals surface area (Å²) >= 11 is 0. The highest BCUT2D eigenvalue weighted by atomic mass is 32.2. The molecule has 0 fully saturated rings. The smallest absolute Gasteiger partial charge is 0.504 e. The van der Waals surface area contributed by atoms with Crippen molar-refractivity contribution in [2.24, 2.45) is 5.73 Å². The van der Waals surface area contributed by atoms with Gasteiger partial charge < -0.3 is 20.7 Å². The van der Waals surface area contributed by atoms with E-state index in [2.05, 4.69) is 9.84 Å². The zero-order valence-corrected chi connectivity index (χ0v) is 13.9. The van der Waals surface area contributed by atoms with Gasteiger partial charge in [-0.05, 0) is 24.1 Å². The molecule has 24 heavy (non-hydrogen) atoms. The molecule has 1 amide bonds. The summed E-state index contributed by atoms with van der Waals surface area (Å²) in [5.74, 6) is -2.30. The van der Waals surface area contributed by atoms with Crippen LogP contribution in [0.25, 0.3) is 0 Å². The maximum absolute atomic E-state index is 11.7. The van der Waals surface area contributed by atoms with Crippen molar-refractivity contribution in [3.8, 4) is 11.5 Å². The third-order valence-corrected chi connectivity index (χ3v) is 3.85. The molecule has 0 aliphatic carbocycles. The number of amides is 1. The number of phosphoric acid groups is 1. The molecule has 1 aromatic rings. The van der Waals surface area contributed by atoms with Gasteiger partial charge in [0.2, 0.25) is 5.91 Å². The Balaban J connectivity index is 2.64. The van der Waals surface area contributed by atoms with Crippen molar-refractivity contribution >= 4 is 23.8 Å². The molecule has 0 unspecified atom stereocenters. The molecule has 0 aliphatic heterocycles.